The van der Waals surface area contributed by atoms with Gasteiger partial charge in [0, 0.05) is 18.4 Å². The molecule has 47 heavy (non-hydrogen) atoms. The number of aliphatic hydroxyl groups is 5. The first kappa shape index (κ1) is 39.7. The van der Waals surface area contributed by atoms with Crippen molar-refractivity contribution in [1.82, 2.24) is 0 Å². The molecule has 0 bridgehead atoms. The van der Waals surface area contributed by atoms with Gasteiger partial charge in [-0.1, -0.05) is 66.5 Å². The number of hydrogen-bond acceptors (Lipinski definition) is 10. The van der Waals surface area contributed by atoms with E-state index in [9.17, 15) is 30.4 Å². The van der Waals surface area contributed by atoms with Gasteiger partial charge in [-0.3, -0.25) is 0 Å². The van der Waals surface area contributed by atoms with Crippen LogP contribution in [-0.4, -0.2) is 94.3 Å². The molecule has 1 saturated carbocycles. The van der Waals surface area contributed by atoms with E-state index in [0.717, 1.165) is 25.9 Å². The molecule has 268 valence electrons. The topological polar surface area (TPSA) is 158 Å². The Morgan fingerprint density at radius 2 is 1.81 bits per heavy atom. The number of nitrogens with zero attached hydrogens (tertiary/aromatic N) is 1. The Labute approximate surface area is 281 Å². The molecule has 0 aromatic rings. The van der Waals surface area contributed by atoms with Gasteiger partial charge in [0.2, 0.25) is 0 Å². The normalized spacial score (nSPS) is 39.3. The molecule has 5 N–H and O–H groups in total. The van der Waals surface area contributed by atoms with E-state index in [1.54, 1.807) is 13.2 Å². The van der Waals surface area contributed by atoms with Crippen LogP contribution in [-0.2, 0) is 14.2 Å². The number of hydrogen-bond donors (Lipinski definition) is 5. The molecule has 1 saturated heterocycles. The fourth-order valence-corrected chi connectivity index (χ4v) is 7.76. The van der Waals surface area contributed by atoms with Crippen molar-refractivity contribution in [3.8, 4) is 0 Å². The second kappa shape index (κ2) is 16.8. The summed E-state index contributed by atoms with van der Waals surface area (Å²) in [5.41, 5.74) is 4.23. The highest BCUT2D eigenvalue weighted by Crippen LogP contribution is 2.55. The van der Waals surface area contributed by atoms with Crippen molar-refractivity contribution in [3.05, 3.63) is 52.0 Å². The summed E-state index contributed by atoms with van der Waals surface area (Å²) in [7, 11) is 1.75. The van der Waals surface area contributed by atoms with Crippen LogP contribution in [0.2, 0.25) is 0 Å². The molecule has 4 rings (SSSR count). The summed E-state index contributed by atoms with van der Waals surface area (Å²) in [5.74, 6) is 1.42. The maximum atomic E-state index is 11.7. The van der Waals surface area contributed by atoms with Gasteiger partial charge in [-0.15, -0.1) is 6.58 Å². The smallest absolute Gasteiger partial charge is 0.184 e. The van der Waals surface area contributed by atoms with Crippen LogP contribution in [0.25, 0.3) is 0 Å². The third kappa shape index (κ3) is 9.08. The second-order valence-corrected chi connectivity index (χ2v) is 15.1. The van der Waals surface area contributed by atoms with Gasteiger partial charge < -0.3 is 39.7 Å². The molecule has 10 unspecified atom stereocenters. The molecule has 3 aliphatic carbocycles. The number of aliphatic hydroxyl groups excluding tert-OH is 5. The number of ether oxygens (including phenoxy) is 3. The Morgan fingerprint density at radius 1 is 1.13 bits per heavy atom. The van der Waals surface area contributed by atoms with Crippen molar-refractivity contribution in [2.45, 2.75) is 135 Å². The minimum atomic E-state index is -1.55. The molecule has 10 nitrogen and oxygen atoms in total. The first-order chi connectivity index (χ1) is 22.0. The molecule has 0 aromatic heterocycles. The molecule has 2 fully saturated rings. The highest BCUT2D eigenvalue weighted by molar-refractivity contribution is 5.40. The van der Waals surface area contributed by atoms with E-state index >= 15 is 0 Å². The lowest BCUT2D eigenvalue weighted by Gasteiger charge is -2.39. The van der Waals surface area contributed by atoms with Crippen LogP contribution in [0.5, 0.6) is 0 Å². The number of rotatable bonds is 11. The van der Waals surface area contributed by atoms with E-state index in [2.05, 4.69) is 51.6 Å². The lowest BCUT2D eigenvalue weighted by molar-refractivity contribution is -0.291. The van der Waals surface area contributed by atoms with Crippen molar-refractivity contribution in [3.63, 3.8) is 0 Å². The van der Waals surface area contributed by atoms with E-state index in [1.165, 1.54) is 22.3 Å². The molecule has 1 heterocycles. The average molecular weight is 664 g/mol. The molecule has 0 amide bonds. The third-order valence-electron chi connectivity index (χ3n) is 11.1. The van der Waals surface area contributed by atoms with Crippen LogP contribution < -0.4 is 0 Å². The SMILES string of the molecule is C=CC(C)(CCC=C(C)C)OCC1OC(O)C(O)C(O)C1O.COCC1CC[C@@H]2/C1=C\C1(C)C(=C(C(C)C)C[C@@H]1O)CC(N=O)C2C. The van der Waals surface area contributed by atoms with Crippen molar-refractivity contribution < 1.29 is 39.7 Å². The number of nitroso groups, excluding NO2 is 1. The van der Waals surface area contributed by atoms with E-state index < -0.39 is 42.4 Å². The largest absolute Gasteiger partial charge is 0.392 e. The zero-order chi connectivity index (χ0) is 35.3. The summed E-state index contributed by atoms with van der Waals surface area (Å²) in [6.45, 7) is 19.1. The monoisotopic (exact) mass is 663 g/mol. The van der Waals surface area contributed by atoms with Crippen molar-refractivity contribution in [2.24, 2.45) is 34.3 Å². The van der Waals surface area contributed by atoms with Gasteiger partial charge in [-0.25, -0.2) is 0 Å². The Kier molecular flexibility index (Phi) is 14.2. The van der Waals surface area contributed by atoms with Crippen LogP contribution in [0.15, 0.2) is 52.3 Å². The van der Waals surface area contributed by atoms with Crippen LogP contribution in [0.4, 0.5) is 0 Å². The maximum absolute atomic E-state index is 11.7. The van der Waals surface area contributed by atoms with Gasteiger partial charge in [0.15, 0.2) is 6.29 Å². The molecular formula is C37H61NO9. The summed E-state index contributed by atoms with van der Waals surface area (Å²) >= 11 is 0. The van der Waals surface area contributed by atoms with Gasteiger partial charge in [0.05, 0.1) is 31.0 Å². The van der Waals surface area contributed by atoms with E-state index in [1.807, 2.05) is 20.8 Å². The van der Waals surface area contributed by atoms with Crippen molar-refractivity contribution in [2.75, 3.05) is 20.3 Å². The Morgan fingerprint density at radius 3 is 2.38 bits per heavy atom. The summed E-state index contributed by atoms with van der Waals surface area (Å²) < 4.78 is 16.3. The van der Waals surface area contributed by atoms with E-state index in [4.69, 9.17) is 14.2 Å². The fourth-order valence-electron chi connectivity index (χ4n) is 7.76. The van der Waals surface area contributed by atoms with Crippen molar-refractivity contribution >= 4 is 0 Å². The molecule has 4 aliphatic rings. The van der Waals surface area contributed by atoms with Gasteiger partial charge >= 0.3 is 0 Å². The first-order valence-corrected chi connectivity index (χ1v) is 17.3. The van der Waals surface area contributed by atoms with Gasteiger partial charge in [-0.2, -0.15) is 4.91 Å². The summed E-state index contributed by atoms with van der Waals surface area (Å²) in [6, 6.07) is -0.205. The minimum absolute atomic E-state index is 0.0284. The summed E-state index contributed by atoms with van der Waals surface area (Å²) in [6.07, 6.45) is 4.07. The molecule has 12 atom stereocenters. The van der Waals surface area contributed by atoms with Crippen LogP contribution in [0.1, 0.15) is 87.0 Å². The molecule has 0 radical (unpaired) electrons. The summed E-state index contributed by atoms with van der Waals surface area (Å²) in [5, 5.41) is 53.0. The molecular weight excluding hydrogens is 602 g/mol. The van der Waals surface area contributed by atoms with Gasteiger partial charge in [-0.05, 0) is 84.0 Å². The highest BCUT2D eigenvalue weighted by atomic mass is 16.6. The van der Waals surface area contributed by atoms with E-state index in [0.29, 0.717) is 37.0 Å². The molecule has 1 aliphatic heterocycles. The van der Waals surface area contributed by atoms with E-state index in [-0.39, 0.29) is 24.0 Å². The predicted molar refractivity (Wildman–Crippen MR) is 182 cm³/mol. The van der Waals surface area contributed by atoms with Crippen LogP contribution >= 0.6 is 0 Å². The standard InChI is InChI=1S/C21H33NO3.C16H28O6/c1-12(2)16-8-20(23)21(4)10-17-14(11-25-5)6-7-15(17)13(3)19(22-24)9-18(16)21;1-5-16(4,8-6-7-10(2)3)21-9-11-12(17)13(18)14(19)15(20)22-11/h10,12-15,19-20,23H,6-9,11H2,1-5H3;5,7,11-15,17-20H,1,6,8-9H2,2-4H3/b17-10-;/t13?,14?,15-,19?,20-,21?;/m0./s1. The number of fused-ring (bicyclic) bond motifs is 2. The zero-order valence-corrected chi connectivity index (χ0v) is 29.8. The Hall–Kier alpha value is -1.76. The van der Waals surface area contributed by atoms with Crippen LogP contribution in [0.3, 0.4) is 0 Å². The highest BCUT2D eigenvalue weighted by Gasteiger charge is 2.49. The first-order valence-electron chi connectivity index (χ1n) is 17.3. The van der Waals surface area contributed by atoms with Crippen LogP contribution in [0, 0.1) is 34.0 Å². The molecule has 0 spiro atoms. The minimum Gasteiger partial charge on any atom is -0.392 e. The lowest BCUT2D eigenvalue weighted by Crippen LogP contribution is -2.59. The second-order valence-electron chi connectivity index (χ2n) is 15.1. The quantitative estimate of drug-likeness (QED) is 0.152. The van der Waals surface area contributed by atoms with Gasteiger partial charge in [0.1, 0.15) is 24.4 Å². The Balaban J connectivity index is 0.000000258. The lowest BCUT2D eigenvalue weighted by atomic mass is 9.68. The summed E-state index contributed by atoms with van der Waals surface area (Å²) in [4.78, 5) is 11.7. The molecule has 0 aromatic carbocycles. The van der Waals surface area contributed by atoms with Crippen molar-refractivity contribution in [1.29, 1.82) is 0 Å². The predicted octanol–water partition coefficient (Wildman–Crippen LogP) is 4.98. The zero-order valence-electron chi connectivity index (χ0n) is 29.8. The number of methoxy groups -OCH3 is 1. The maximum Gasteiger partial charge on any atom is 0.184 e. The number of allylic oxidation sites excluding steroid dienone is 2. The average Bonchev–Trinajstić information content (AvgIpc) is 3.51. The molecule has 10 heteroatoms. The third-order valence-corrected chi connectivity index (χ3v) is 11.1. The van der Waals surface area contributed by atoms with Gasteiger partial charge in [0.25, 0.3) is 0 Å². The fraction of sp³-hybridized carbons (Fsp3) is 0.784. The Bertz CT molecular complexity index is 1160.